The first-order valence-electron chi connectivity index (χ1n) is 31.0. The molecule has 5 heteroatoms. The van der Waals surface area contributed by atoms with Gasteiger partial charge in [0.05, 0.1) is 22.8 Å². The van der Waals surface area contributed by atoms with Gasteiger partial charge in [0, 0.05) is 22.3 Å². The number of aryl methyl sites for hydroxylation is 4. The third-order valence-electron chi connectivity index (χ3n) is 17.9. The van der Waals surface area contributed by atoms with Gasteiger partial charge in [-0.05, 0) is 187 Å². The summed E-state index contributed by atoms with van der Waals surface area (Å²) < 4.78 is 0. The Hall–Kier alpha value is -6.90. The van der Waals surface area contributed by atoms with Gasteiger partial charge >= 0.3 is 20.4 Å². The fraction of sp³-hybridized carbons (Fsp3) is 0.316. The van der Waals surface area contributed by atoms with Crippen LogP contribution in [-0.2, 0) is 46.1 Å². The summed E-state index contributed by atoms with van der Waals surface area (Å²) in [5.74, 6) is 0. The van der Waals surface area contributed by atoms with Gasteiger partial charge in [-0.1, -0.05) is 202 Å². The van der Waals surface area contributed by atoms with E-state index in [1.807, 2.05) is 0 Å². The number of rotatable bonds is 20. The molecule has 0 saturated heterocycles. The van der Waals surface area contributed by atoms with Crippen molar-refractivity contribution in [2.75, 3.05) is 0 Å². The molecule has 2 aliphatic rings. The van der Waals surface area contributed by atoms with Crippen molar-refractivity contribution in [1.29, 1.82) is 0 Å². The molecule has 8 aromatic carbocycles. The largest absolute Gasteiger partial charge is 2.00 e. The van der Waals surface area contributed by atoms with Gasteiger partial charge in [0.2, 0.25) is 0 Å². The summed E-state index contributed by atoms with van der Waals surface area (Å²) in [5.41, 5.74) is 18.5. The van der Waals surface area contributed by atoms with Crippen LogP contribution in [0.25, 0.3) is 132 Å². The molecule has 0 atom stereocenters. The van der Waals surface area contributed by atoms with E-state index in [9.17, 15) is 0 Å². The third-order valence-corrected chi connectivity index (χ3v) is 17.9. The molecule has 8 bridgehead atoms. The molecule has 0 aliphatic carbocycles. The van der Waals surface area contributed by atoms with Crippen LogP contribution in [0.1, 0.15) is 153 Å². The van der Waals surface area contributed by atoms with E-state index in [2.05, 4.69) is 173 Å². The summed E-state index contributed by atoms with van der Waals surface area (Å²) in [6, 6.07) is 55.5. The number of hydrogen-bond donors (Lipinski definition) is 0. The third kappa shape index (κ3) is 10.3. The van der Waals surface area contributed by atoms with Gasteiger partial charge in [-0.3, -0.25) is 0 Å². The molecular formula is C76H76N4Pd. The van der Waals surface area contributed by atoms with E-state index in [0.29, 0.717) is 0 Å². The van der Waals surface area contributed by atoms with Crippen LogP contribution in [0.3, 0.4) is 0 Å². The Kier molecular flexibility index (Phi) is 16.4. The van der Waals surface area contributed by atoms with Crippen molar-refractivity contribution in [2.24, 2.45) is 0 Å². The fourth-order valence-corrected chi connectivity index (χ4v) is 13.6. The van der Waals surface area contributed by atoms with E-state index in [1.54, 1.807) is 0 Å². The number of nitrogens with zero attached hydrogens (tertiary/aromatic N) is 4. The molecule has 5 heterocycles. The Balaban J connectivity index is 0.00000651. The zero-order valence-corrected chi connectivity index (χ0v) is 49.7. The number of hydrogen-bond acceptors (Lipinski definition) is 2. The first kappa shape index (κ1) is 54.7. The van der Waals surface area contributed by atoms with Crippen molar-refractivity contribution in [2.45, 2.75) is 156 Å². The summed E-state index contributed by atoms with van der Waals surface area (Å²) in [5, 5.41) is 14.8. The maximum atomic E-state index is 6.19. The number of benzene rings is 8. The minimum Gasteiger partial charge on any atom is -0.656 e. The summed E-state index contributed by atoms with van der Waals surface area (Å²) in [7, 11) is 0. The first-order valence-corrected chi connectivity index (χ1v) is 31.0. The summed E-state index contributed by atoms with van der Waals surface area (Å²) in [4.78, 5) is 24.8. The van der Waals surface area contributed by atoms with Gasteiger partial charge < -0.3 is 9.97 Å². The Labute approximate surface area is 492 Å². The monoisotopic (exact) mass is 1150 g/mol. The second-order valence-electron chi connectivity index (χ2n) is 23.4. The van der Waals surface area contributed by atoms with Crippen LogP contribution < -0.4 is 9.97 Å². The van der Waals surface area contributed by atoms with E-state index in [-0.39, 0.29) is 20.4 Å². The molecule has 2 aliphatic heterocycles. The van der Waals surface area contributed by atoms with E-state index >= 15 is 0 Å². The first-order chi connectivity index (χ1) is 39.5. The van der Waals surface area contributed by atoms with E-state index in [4.69, 9.17) is 19.9 Å². The summed E-state index contributed by atoms with van der Waals surface area (Å²) >= 11 is 0. The fourth-order valence-electron chi connectivity index (χ4n) is 13.6. The molecule has 0 radical (unpaired) electrons. The average Bonchev–Trinajstić information content (AvgIpc) is 4.29. The van der Waals surface area contributed by atoms with Gasteiger partial charge in [0.25, 0.3) is 0 Å². The Morgan fingerprint density at radius 2 is 0.481 bits per heavy atom. The second-order valence-corrected chi connectivity index (χ2v) is 23.4. The molecule has 81 heavy (non-hydrogen) atoms. The molecule has 0 spiro atoms. The SMILES string of the molecule is CCCCCCc1c2nc(c(CCCCCC)c3[n-]c(c(CCCCCC)c4nc(c(CCCCCC)c5[n-]c1c1cc6ccccc6cc51)-c1cc5ccccc5cc1-4)c1cc4ccccc4cc31)-c1cc3ccccc3cc1-2.[Pd+2]. The van der Waals surface area contributed by atoms with Crippen molar-refractivity contribution in [3.05, 3.63) is 168 Å². The molecule has 0 amide bonds. The molecule has 11 aromatic rings. The Morgan fingerprint density at radius 3 is 0.691 bits per heavy atom. The zero-order valence-electron chi connectivity index (χ0n) is 48.1. The van der Waals surface area contributed by atoms with Gasteiger partial charge in [0.15, 0.2) is 0 Å². The second kappa shape index (κ2) is 24.3. The smallest absolute Gasteiger partial charge is 0.656 e. The molecule has 410 valence electrons. The van der Waals surface area contributed by atoms with Crippen LogP contribution >= 0.6 is 0 Å². The minimum absolute atomic E-state index is 0. The minimum atomic E-state index is 0. The van der Waals surface area contributed by atoms with Gasteiger partial charge in [-0.15, -0.1) is 22.1 Å². The molecule has 4 nitrogen and oxygen atoms in total. The maximum absolute atomic E-state index is 6.19. The normalized spacial score (nSPS) is 12.1. The number of unbranched alkanes of at least 4 members (excludes halogenated alkanes) is 12. The molecule has 0 saturated carbocycles. The molecule has 3 aromatic heterocycles. The predicted molar refractivity (Wildman–Crippen MR) is 344 cm³/mol. The molecular weight excluding hydrogens is 1080 g/mol. The van der Waals surface area contributed by atoms with Crippen molar-refractivity contribution < 1.29 is 20.4 Å². The maximum Gasteiger partial charge on any atom is 2.00 e. The van der Waals surface area contributed by atoms with E-state index in [1.165, 1.54) is 161 Å². The predicted octanol–water partition coefficient (Wildman–Crippen LogP) is 21.6. The van der Waals surface area contributed by atoms with Gasteiger partial charge in [0.1, 0.15) is 0 Å². The van der Waals surface area contributed by atoms with Crippen LogP contribution in [-0.4, -0.2) is 9.97 Å². The van der Waals surface area contributed by atoms with Crippen LogP contribution in [0, 0.1) is 0 Å². The van der Waals surface area contributed by atoms with Crippen molar-refractivity contribution in [3.63, 3.8) is 0 Å². The Bertz CT molecular complexity index is 3780. The number of fused-ring (bicyclic) bond motifs is 24. The van der Waals surface area contributed by atoms with E-state index in [0.717, 1.165) is 122 Å². The standard InChI is InChI=1S/C76H76N4.Pd/c1-5-9-13-17-37-57-69-61-41-49-29-21-23-31-51(49)43-63(61)71(77-69)58(38-18-14-10-6-2)73-65-45-53-33-25-27-35-55(53)47-67(65)75(79-73)60(40-20-16-12-8-4)76-68-48-56-36-28-26-34-54(56)46-66(68)74(80-76)59(39-19-15-11-7-3)72-64-44-52-32-24-22-30-50(52)42-62(64)70(57)78-72;/h21-36,41-48H,5-20,37-40H2,1-4H3;/q-2;+2. The summed E-state index contributed by atoms with van der Waals surface area (Å²) in [6.07, 6.45) is 21.9. The quantitative estimate of drug-likeness (QED) is 0.0564. The summed E-state index contributed by atoms with van der Waals surface area (Å²) in [6.45, 7) is 9.28. The van der Waals surface area contributed by atoms with Crippen LogP contribution in [0.4, 0.5) is 0 Å². The van der Waals surface area contributed by atoms with Crippen LogP contribution in [0.2, 0.25) is 0 Å². The van der Waals surface area contributed by atoms with Gasteiger partial charge in [-0.25, -0.2) is 9.97 Å². The molecule has 0 unspecified atom stereocenters. The molecule has 13 rings (SSSR count). The average molecular weight is 1150 g/mol. The van der Waals surface area contributed by atoms with Crippen molar-refractivity contribution >= 4 is 86.7 Å². The molecule has 0 N–H and O–H groups in total. The van der Waals surface area contributed by atoms with E-state index < -0.39 is 0 Å². The van der Waals surface area contributed by atoms with Crippen molar-refractivity contribution in [3.8, 4) is 45.0 Å². The van der Waals surface area contributed by atoms with Crippen LogP contribution in [0.15, 0.2) is 146 Å². The zero-order chi connectivity index (χ0) is 54.1. The van der Waals surface area contributed by atoms with Crippen molar-refractivity contribution in [1.82, 2.24) is 19.9 Å². The topological polar surface area (TPSA) is 54.0 Å². The number of aromatic nitrogens is 4. The Morgan fingerprint density at radius 1 is 0.272 bits per heavy atom. The van der Waals surface area contributed by atoms with Gasteiger partial charge in [-0.2, -0.15) is 0 Å². The molecule has 0 fully saturated rings. The van der Waals surface area contributed by atoms with Crippen LogP contribution in [0.5, 0.6) is 0 Å².